The fourth-order valence-corrected chi connectivity index (χ4v) is 5.27. The molecular weight excluding hydrogens is 492 g/mol. The number of hydrogen-bond donors (Lipinski definition) is 1. The van der Waals surface area contributed by atoms with Crippen molar-refractivity contribution in [3.05, 3.63) is 44.2 Å². The summed E-state index contributed by atoms with van der Waals surface area (Å²) in [7, 11) is 0. The van der Waals surface area contributed by atoms with E-state index in [1.807, 2.05) is 30.3 Å². The van der Waals surface area contributed by atoms with E-state index in [2.05, 4.69) is 45.3 Å². The van der Waals surface area contributed by atoms with Crippen molar-refractivity contribution in [3.63, 3.8) is 0 Å². The number of benzene rings is 1. The molecule has 1 aliphatic rings. The Bertz CT molecular complexity index is 974. The number of aromatic nitrogens is 2. The third-order valence-corrected chi connectivity index (χ3v) is 6.61. The van der Waals surface area contributed by atoms with Gasteiger partial charge >= 0.3 is 0 Å². The van der Waals surface area contributed by atoms with Gasteiger partial charge in [-0.2, -0.15) is 0 Å². The number of halogens is 1. The van der Waals surface area contributed by atoms with Crippen LogP contribution in [0, 0.1) is 5.92 Å². The number of nitrogens with one attached hydrogen (secondary N) is 1. The minimum atomic E-state index is -0.220. The van der Waals surface area contributed by atoms with Crippen molar-refractivity contribution in [2.45, 2.75) is 26.7 Å². The largest absolute Gasteiger partial charge is 0.300 e. The molecule has 1 aromatic heterocycles. The topological polar surface area (TPSA) is 75.2 Å². The Kier molecular flexibility index (Phi) is 7.55. The van der Waals surface area contributed by atoms with Crippen molar-refractivity contribution < 1.29 is 9.59 Å². The van der Waals surface area contributed by atoms with Crippen LogP contribution in [0.2, 0.25) is 0 Å². The van der Waals surface area contributed by atoms with Gasteiger partial charge < -0.3 is 5.32 Å². The van der Waals surface area contributed by atoms with Crippen LogP contribution in [0.3, 0.4) is 0 Å². The predicted molar refractivity (Wildman–Crippen MR) is 126 cm³/mol. The molecule has 1 aliphatic heterocycles. The fraction of sp³-hybridized carbons (Fsp3) is 0.316. The van der Waals surface area contributed by atoms with E-state index in [-0.39, 0.29) is 24.8 Å². The molecule has 1 aromatic carbocycles. The number of anilines is 1. The molecule has 0 radical (unpaired) electrons. The van der Waals surface area contributed by atoms with Crippen molar-refractivity contribution in [3.8, 4) is 0 Å². The Hall–Kier alpha value is -1.62. The van der Waals surface area contributed by atoms with Crippen molar-refractivity contribution in [2.24, 2.45) is 5.92 Å². The highest BCUT2D eigenvalue weighted by molar-refractivity contribution is 9.10. The molecule has 1 fully saturated rings. The van der Waals surface area contributed by atoms with E-state index in [1.54, 1.807) is 0 Å². The Morgan fingerprint density at radius 1 is 1.38 bits per heavy atom. The fourth-order valence-electron chi connectivity index (χ4n) is 2.57. The summed E-state index contributed by atoms with van der Waals surface area (Å²) in [5.74, 6) is 0.0793. The van der Waals surface area contributed by atoms with Crippen LogP contribution in [0.15, 0.2) is 33.6 Å². The molecule has 1 N–H and O–H groups in total. The van der Waals surface area contributed by atoms with Crippen molar-refractivity contribution in [1.82, 2.24) is 15.1 Å². The third kappa shape index (κ3) is 6.18. The van der Waals surface area contributed by atoms with Gasteiger partial charge in [-0.05, 0) is 29.7 Å². The molecule has 0 aliphatic carbocycles. The summed E-state index contributed by atoms with van der Waals surface area (Å²) in [5.41, 5.74) is 0.908. The molecule has 6 nitrogen and oxygen atoms in total. The Balaban J connectivity index is 1.56. The van der Waals surface area contributed by atoms with E-state index in [0.717, 1.165) is 21.5 Å². The van der Waals surface area contributed by atoms with E-state index in [1.165, 1.54) is 28.0 Å². The van der Waals surface area contributed by atoms with Gasteiger partial charge in [0.05, 0.1) is 4.91 Å². The molecule has 3 rings (SSSR count). The highest BCUT2D eigenvalue weighted by Crippen LogP contribution is 2.33. The van der Waals surface area contributed by atoms with Gasteiger partial charge in [0.25, 0.3) is 5.91 Å². The molecule has 29 heavy (non-hydrogen) atoms. The lowest BCUT2D eigenvalue weighted by atomic mass is 10.1. The maximum absolute atomic E-state index is 12.7. The molecular formula is C19H19BrN4O2S3. The first-order valence-corrected chi connectivity index (χ1v) is 11.8. The molecule has 2 heterocycles. The van der Waals surface area contributed by atoms with Gasteiger partial charge in [0.1, 0.15) is 9.33 Å². The second-order valence-corrected chi connectivity index (χ2v) is 10.4. The monoisotopic (exact) mass is 510 g/mol. The predicted octanol–water partition coefficient (Wildman–Crippen LogP) is 4.73. The van der Waals surface area contributed by atoms with Crippen LogP contribution >= 0.6 is 51.2 Å². The van der Waals surface area contributed by atoms with E-state index < -0.39 is 0 Å². The van der Waals surface area contributed by atoms with Crippen LogP contribution in [0.5, 0.6) is 0 Å². The number of carbonyl (C=O) groups excluding carboxylic acids is 2. The summed E-state index contributed by atoms with van der Waals surface area (Å²) < 4.78 is 1.39. The van der Waals surface area contributed by atoms with Gasteiger partial charge in [0, 0.05) is 23.9 Å². The van der Waals surface area contributed by atoms with E-state index in [0.29, 0.717) is 20.3 Å². The summed E-state index contributed by atoms with van der Waals surface area (Å²) in [6, 6.07) is 7.67. The van der Waals surface area contributed by atoms with Crippen LogP contribution in [-0.2, 0) is 16.0 Å². The maximum Gasteiger partial charge on any atom is 0.266 e. The zero-order valence-electron chi connectivity index (χ0n) is 15.8. The number of carbonyl (C=O) groups is 2. The molecule has 0 spiro atoms. The number of amides is 2. The smallest absolute Gasteiger partial charge is 0.266 e. The summed E-state index contributed by atoms with van der Waals surface area (Å²) in [6.45, 7) is 4.43. The molecule has 0 saturated carbocycles. The summed E-state index contributed by atoms with van der Waals surface area (Å²) in [4.78, 5) is 26.9. The van der Waals surface area contributed by atoms with Crippen molar-refractivity contribution in [1.29, 1.82) is 0 Å². The second kappa shape index (κ2) is 9.92. The first-order chi connectivity index (χ1) is 13.8. The highest BCUT2D eigenvalue weighted by atomic mass is 79.9. The minimum absolute atomic E-state index is 0.135. The van der Waals surface area contributed by atoms with Crippen LogP contribution < -0.4 is 5.32 Å². The van der Waals surface area contributed by atoms with Crippen LogP contribution in [-0.4, -0.2) is 37.8 Å². The average Bonchev–Trinajstić information content (AvgIpc) is 3.17. The van der Waals surface area contributed by atoms with Gasteiger partial charge in [-0.1, -0.05) is 77.2 Å². The molecule has 152 valence electrons. The summed E-state index contributed by atoms with van der Waals surface area (Å²) in [5, 5.41) is 12.2. The van der Waals surface area contributed by atoms with Gasteiger partial charge in [-0.15, -0.1) is 10.2 Å². The zero-order valence-corrected chi connectivity index (χ0v) is 19.9. The molecule has 10 heteroatoms. The highest BCUT2D eigenvalue weighted by Gasteiger charge is 2.32. The molecule has 0 bridgehead atoms. The molecule has 2 aromatic rings. The van der Waals surface area contributed by atoms with Crippen molar-refractivity contribution in [2.75, 3.05) is 11.9 Å². The lowest BCUT2D eigenvalue weighted by Crippen LogP contribution is -2.31. The van der Waals surface area contributed by atoms with E-state index in [9.17, 15) is 9.59 Å². The first kappa shape index (κ1) is 22.1. The van der Waals surface area contributed by atoms with Gasteiger partial charge in [-0.3, -0.25) is 14.5 Å². The minimum Gasteiger partial charge on any atom is -0.300 e. The second-order valence-electron chi connectivity index (χ2n) is 6.79. The molecule has 2 amide bonds. The van der Waals surface area contributed by atoms with Gasteiger partial charge in [0.15, 0.2) is 0 Å². The molecule has 1 saturated heterocycles. The van der Waals surface area contributed by atoms with Gasteiger partial charge in [-0.25, -0.2) is 0 Å². The van der Waals surface area contributed by atoms with Crippen LogP contribution in [0.25, 0.3) is 6.08 Å². The zero-order chi connectivity index (χ0) is 21.0. The van der Waals surface area contributed by atoms with Crippen LogP contribution in [0.4, 0.5) is 5.13 Å². The number of nitrogens with zero attached hydrogens (tertiary/aromatic N) is 3. The Morgan fingerprint density at radius 3 is 2.90 bits per heavy atom. The standard InChI is InChI=1S/C19H19BrN4O2S3/c1-11(2)8-16-22-23-18(29-16)21-15(25)6-7-24-17(26)14(28-19(24)27)10-12-4-3-5-13(20)9-12/h3-5,9-11H,6-8H2,1-2H3,(H,21,23,25). The average molecular weight is 511 g/mol. The SMILES string of the molecule is CC(C)Cc1nnc(NC(=O)CCN2C(=O)C(=Cc3cccc(Br)c3)SC2=S)s1. The molecule has 0 atom stereocenters. The number of thiocarbonyl (C=S) groups is 1. The number of hydrogen-bond acceptors (Lipinski definition) is 7. The van der Waals surface area contributed by atoms with Gasteiger partial charge in [0.2, 0.25) is 11.0 Å². The van der Waals surface area contributed by atoms with Crippen molar-refractivity contribution >= 4 is 78.6 Å². The molecule has 0 unspecified atom stereocenters. The van der Waals surface area contributed by atoms with E-state index in [4.69, 9.17) is 12.2 Å². The normalized spacial score (nSPS) is 15.6. The van der Waals surface area contributed by atoms with E-state index >= 15 is 0 Å². The van der Waals surface area contributed by atoms with Crippen LogP contribution in [0.1, 0.15) is 30.8 Å². The first-order valence-electron chi connectivity index (χ1n) is 8.95. The quantitative estimate of drug-likeness (QED) is 0.428. The number of thioether (sulfide) groups is 1. The third-order valence-electron chi connectivity index (χ3n) is 3.88. The maximum atomic E-state index is 12.7. The Labute approximate surface area is 191 Å². The lowest BCUT2D eigenvalue weighted by molar-refractivity contribution is -0.122. The summed E-state index contributed by atoms with van der Waals surface area (Å²) >= 11 is 11.4. The Morgan fingerprint density at radius 2 is 2.17 bits per heavy atom. The number of rotatable bonds is 7. The summed E-state index contributed by atoms with van der Waals surface area (Å²) in [6.07, 6.45) is 2.77. The lowest BCUT2D eigenvalue weighted by Gasteiger charge is -2.13.